The Morgan fingerprint density at radius 1 is 0.935 bits per heavy atom. The van der Waals surface area contributed by atoms with Crippen molar-refractivity contribution in [2.45, 2.75) is 77.8 Å². The van der Waals surface area contributed by atoms with Crippen molar-refractivity contribution < 1.29 is 18.0 Å². The van der Waals surface area contributed by atoms with E-state index in [0.29, 0.717) is 22.8 Å². The Bertz CT molecular complexity index is 898. The number of hydrogen-bond donors (Lipinski definition) is 0. The molecule has 0 heterocycles. The smallest absolute Gasteiger partial charge is 0.294 e. The predicted molar refractivity (Wildman–Crippen MR) is 116 cm³/mol. The van der Waals surface area contributed by atoms with Crippen molar-refractivity contribution in [3.63, 3.8) is 0 Å². The first-order chi connectivity index (χ1) is 14.6. The second-order valence-electron chi connectivity index (χ2n) is 11.2. The molecule has 4 fully saturated rings. The van der Waals surface area contributed by atoms with E-state index in [1.807, 2.05) is 6.08 Å². The van der Waals surface area contributed by atoms with Crippen LogP contribution in [0.15, 0.2) is 29.8 Å². The van der Waals surface area contributed by atoms with Crippen molar-refractivity contribution in [3.8, 4) is 0 Å². The number of ketones is 1. The standard InChI is InChI=1S/C27H33F3O/c1-25-13-4-3-5-19(25)10-11-21-22(25)12-14-26(2)23(21)16-18(24(26)31)15-17-6-8-20(9-7-17)27(28,29)30/h6-9,15,19,21-23H,3-5,10-14,16H2,1-2H3/b18-15-/t19-,21?,22?,23?,25?,26?/m0/s1. The zero-order chi connectivity index (χ0) is 22.0. The van der Waals surface area contributed by atoms with Crippen molar-refractivity contribution in [3.05, 3.63) is 41.0 Å². The van der Waals surface area contributed by atoms with Crippen LogP contribution in [0.2, 0.25) is 0 Å². The number of carbonyl (C=O) groups excluding carboxylic acids is 1. The third kappa shape index (κ3) is 3.31. The van der Waals surface area contributed by atoms with Gasteiger partial charge in [-0.3, -0.25) is 4.79 Å². The van der Waals surface area contributed by atoms with Crippen LogP contribution >= 0.6 is 0 Å². The van der Waals surface area contributed by atoms with E-state index in [1.54, 1.807) is 0 Å². The minimum absolute atomic E-state index is 0.242. The Kier molecular flexibility index (Phi) is 4.95. The fraction of sp³-hybridized carbons (Fsp3) is 0.667. The lowest BCUT2D eigenvalue weighted by Gasteiger charge is -2.59. The van der Waals surface area contributed by atoms with Gasteiger partial charge in [0.1, 0.15) is 0 Å². The van der Waals surface area contributed by atoms with Crippen molar-refractivity contribution in [2.75, 3.05) is 0 Å². The first-order valence-electron chi connectivity index (χ1n) is 12.1. The molecule has 0 spiro atoms. The van der Waals surface area contributed by atoms with Crippen LogP contribution < -0.4 is 0 Å². The molecule has 6 atom stereocenters. The van der Waals surface area contributed by atoms with Crippen LogP contribution in [0.4, 0.5) is 13.2 Å². The maximum atomic E-state index is 13.5. The second-order valence-corrected chi connectivity index (χ2v) is 11.2. The van der Waals surface area contributed by atoms with E-state index in [9.17, 15) is 18.0 Å². The van der Waals surface area contributed by atoms with Crippen LogP contribution in [0.25, 0.3) is 6.08 Å². The summed E-state index contributed by atoms with van der Waals surface area (Å²) in [6.45, 7) is 4.70. The quantitative estimate of drug-likeness (QED) is 0.417. The summed E-state index contributed by atoms with van der Waals surface area (Å²) >= 11 is 0. The number of fused-ring (bicyclic) bond motifs is 5. The van der Waals surface area contributed by atoms with Gasteiger partial charge in [-0.05, 0) is 103 Å². The number of carbonyl (C=O) groups is 1. The van der Waals surface area contributed by atoms with Gasteiger partial charge in [0.15, 0.2) is 5.78 Å². The van der Waals surface area contributed by atoms with Crippen LogP contribution in [0.1, 0.15) is 82.8 Å². The number of alkyl halides is 3. The molecule has 1 aromatic rings. The van der Waals surface area contributed by atoms with Gasteiger partial charge in [0.05, 0.1) is 5.56 Å². The molecule has 0 radical (unpaired) electrons. The molecular formula is C27H33F3O. The molecule has 168 valence electrons. The molecule has 5 unspecified atom stereocenters. The van der Waals surface area contributed by atoms with Crippen LogP contribution in [0.5, 0.6) is 0 Å². The van der Waals surface area contributed by atoms with Gasteiger partial charge in [0.2, 0.25) is 0 Å². The molecule has 5 rings (SSSR count). The van der Waals surface area contributed by atoms with E-state index in [-0.39, 0.29) is 11.2 Å². The number of rotatable bonds is 1. The van der Waals surface area contributed by atoms with Gasteiger partial charge in [-0.25, -0.2) is 0 Å². The van der Waals surface area contributed by atoms with Crippen LogP contribution in [-0.4, -0.2) is 5.78 Å². The molecule has 1 nitrogen and oxygen atoms in total. The lowest BCUT2D eigenvalue weighted by atomic mass is 9.45. The van der Waals surface area contributed by atoms with E-state index >= 15 is 0 Å². The molecule has 0 bridgehead atoms. The Labute approximate surface area is 183 Å². The lowest BCUT2D eigenvalue weighted by molar-refractivity contribution is -0.138. The van der Waals surface area contributed by atoms with Gasteiger partial charge in [-0.1, -0.05) is 38.8 Å². The molecule has 4 heteroatoms. The van der Waals surface area contributed by atoms with E-state index in [0.717, 1.165) is 48.8 Å². The van der Waals surface area contributed by atoms with Crippen molar-refractivity contribution >= 4 is 11.9 Å². The normalized spacial score (nSPS) is 41.6. The summed E-state index contributed by atoms with van der Waals surface area (Å²) < 4.78 is 38.6. The number of benzene rings is 1. The second kappa shape index (κ2) is 7.22. The number of Topliss-reactive ketones (excluding diaryl/α,β-unsaturated/α-hetero) is 1. The summed E-state index contributed by atoms with van der Waals surface area (Å²) in [5, 5.41) is 0. The molecule has 31 heavy (non-hydrogen) atoms. The van der Waals surface area contributed by atoms with E-state index in [1.165, 1.54) is 50.7 Å². The fourth-order valence-electron chi connectivity index (χ4n) is 8.06. The SMILES string of the molecule is CC12CCC3C(CC[C@@H]4CCCCC34C)C1C/C(=C/c1ccc(C(F)(F)F)cc1)C2=O. The molecular weight excluding hydrogens is 397 g/mol. The molecule has 0 aromatic heterocycles. The van der Waals surface area contributed by atoms with Crippen molar-refractivity contribution in [2.24, 2.45) is 34.5 Å². The van der Waals surface area contributed by atoms with Gasteiger partial charge in [-0.15, -0.1) is 0 Å². The highest BCUT2D eigenvalue weighted by molar-refractivity contribution is 6.05. The Morgan fingerprint density at radius 3 is 2.39 bits per heavy atom. The fourth-order valence-corrected chi connectivity index (χ4v) is 8.06. The van der Waals surface area contributed by atoms with Gasteiger partial charge >= 0.3 is 6.18 Å². The van der Waals surface area contributed by atoms with Crippen LogP contribution in [0, 0.1) is 34.5 Å². The topological polar surface area (TPSA) is 17.1 Å². The predicted octanol–water partition coefficient (Wildman–Crippen LogP) is 7.70. The Balaban J connectivity index is 1.42. The number of halogens is 3. The summed E-state index contributed by atoms with van der Waals surface area (Å²) in [6, 6.07) is 5.21. The molecule has 1 aromatic carbocycles. The third-order valence-electron chi connectivity index (χ3n) is 9.80. The van der Waals surface area contributed by atoms with Gasteiger partial charge in [0, 0.05) is 5.41 Å². The highest BCUT2D eigenvalue weighted by Gasteiger charge is 2.60. The molecule has 4 aliphatic rings. The van der Waals surface area contributed by atoms with Gasteiger partial charge in [0.25, 0.3) is 0 Å². The average molecular weight is 431 g/mol. The zero-order valence-electron chi connectivity index (χ0n) is 18.6. The monoisotopic (exact) mass is 430 g/mol. The summed E-state index contributed by atoms with van der Waals surface area (Å²) in [4.78, 5) is 13.5. The number of hydrogen-bond acceptors (Lipinski definition) is 1. The first kappa shape index (κ1) is 21.3. The minimum Gasteiger partial charge on any atom is -0.294 e. The van der Waals surface area contributed by atoms with Gasteiger partial charge in [-0.2, -0.15) is 13.2 Å². The minimum atomic E-state index is -4.33. The largest absolute Gasteiger partial charge is 0.416 e. The maximum Gasteiger partial charge on any atom is 0.416 e. The average Bonchev–Trinajstić information content (AvgIpc) is 2.98. The molecule has 0 saturated heterocycles. The highest BCUT2D eigenvalue weighted by Crippen LogP contribution is 2.66. The van der Waals surface area contributed by atoms with E-state index in [2.05, 4.69) is 13.8 Å². The number of allylic oxidation sites excluding steroid dienone is 1. The van der Waals surface area contributed by atoms with Crippen molar-refractivity contribution in [1.82, 2.24) is 0 Å². The van der Waals surface area contributed by atoms with E-state index in [4.69, 9.17) is 0 Å². The Hall–Kier alpha value is -1.58. The highest BCUT2D eigenvalue weighted by atomic mass is 19.4. The summed E-state index contributed by atoms with van der Waals surface area (Å²) in [7, 11) is 0. The van der Waals surface area contributed by atoms with Crippen LogP contribution in [0.3, 0.4) is 0 Å². The zero-order valence-corrected chi connectivity index (χ0v) is 18.6. The lowest BCUT2D eigenvalue weighted by Crippen LogP contribution is -2.52. The summed E-state index contributed by atoms with van der Waals surface area (Å²) in [5.74, 6) is 2.82. The Morgan fingerprint density at radius 2 is 1.68 bits per heavy atom. The third-order valence-corrected chi connectivity index (χ3v) is 9.80. The summed E-state index contributed by atoms with van der Waals surface area (Å²) in [5.41, 5.74) is 1.01. The molecule has 0 N–H and O–H groups in total. The van der Waals surface area contributed by atoms with Gasteiger partial charge < -0.3 is 0 Å². The first-order valence-corrected chi connectivity index (χ1v) is 12.1. The van der Waals surface area contributed by atoms with E-state index < -0.39 is 11.7 Å². The molecule has 0 aliphatic heterocycles. The molecule has 0 amide bonds. The molecule has 4 saturated carbocycles. The molecule has 4 aliphatic carbocycles. The summed E-state index contributed by atoms with van der Waals surface area (Å²) in [6.07, 6.45) is 8.40. The van der Waals surface area contributed by atoms with Crippen LogP contribution in [-0.2, 0) is 11.0 Å². The van der Waals surface area contributed by atoms with Crippen molar-refractivity contribution in [1.29, 1.82) is 0 Å². The maximum absolute atomic E-state index is 13.5.